The predicted molar refractivity (Wildman–Crippen MR) is 103 cm³/mol. The standard InChI is InChI=1S/C19H18FN7O3/c20-15-4-3-14(30-15)16-17-18(24-19(21)23-16)27(26-25-17)8-12-1-2-13(7-22-12)29-10-11-5-6-28-9-11/h1-4,7,11H,5-6,8-10H2,(H2,21,23,24). The van der Waals surface area contributed by atoms with Gasteiger partial charge in [-0.2, -0.15) is 9.37 Å². The zero-order valence-corrected chi connectivity index (χ0v) is 15.9. The molecule has 1 aliphatic heterocycles. The minimum Gasteiger partial charge on any atom is -0.492 e. The average molecular weight is 411 g/mol. The Labute approximate surface area is 169 Å². The highest BCUT2D eigenvalue weighted by Crippen LogP contribution is 2.26. The van der Waals surface area contributed by atoms with Crippen LogP contribution in [0.2, 0.25) is 0 Å². The number of hydrogen-bond donors (Lipinski definition) is 1. The lowest BCUT2D eigenvalue weighted by molar-refractivity contribution is 0.167. The van der Waals surface area contributed by atoms with Gasteiger partial charge < -0.3 is 19.6 Å². The Bertz CT molecular complexity index is 1170. The number of nitrogens with two attached hydrogens (primary N) is 1. The Morgan fingerprint density at radius 3 is 2.90 bits per heavy atom. The third-order valence-corrected chi connectivity index (χ3v) is 4.81. The van der Waals surface area contributed by atoms with Crippen LogP contribution in [0, 0.1) is 11.9 Å². The van der Waals surface area contributed by atoms with Crippen molar-refractivity contribution in [1.29, 1.82) is 0 Å². The summed E-state index contributed by atoms with van der Waals surface area (Å²) in [7, 11) is 0. The minimum absolute atomic E-state index is 0.00505. The lowest BCUT2D eigenvalue weighted by Gasteiger charge is -2.10. The highest BCUT2D eigenvalue weighted by atomic mass is 19.1. The van der Waals surface area contributed by atoms with Crippen molar-refractivity contribution in [1.82, 2.24) is 29.9 Å². The maximum absolute atomic E-state index is 13.3. The fraction of sp³-hybridized carbons (Fsp3) is 0.316. The van der Waals surface area contributed by atoms with E-state index in [4.69, 9.17) is 19.6 Å². The van der Waals surface area contributed by atoms with E-state index in [0.29, 0.717) is 36.0 Å². The number of hydrogen-bond acceptors (Lipinski definition) is 9. The van der Waals surface area contributed by atoms with Gasteiger partial charge >= 0.3 is 0 Å². The number of nitrogens with zero attached hydrogens (tertiary/aromatic N) is 6. The Kier molecular flexibility index (Phi) is 4.71. The highest BCUT2D eigenvalue weighted by molar-refractivity contribution is 5.85. The average Bonchev–Trinajstić information content (AvgIpc) is 3.49. The van der Waals surface area contributed by atoms with E-state index in [1.54, 1.807) is 10.9 Å². The molecule has 154 valence electrons. The predicted octanol–water partition coefficient (Wildman–Crippen LogP) is 2.06. The smallest absolute Gasteiger partial charge is 0.278 e. The molecule has 0 aromatic carbocycles. The van der Waals surface area contributed by atoms with Crippen LogP contribution in [0.5, 0.6) is 5.75 Å². The molecule has 2 N–H and O–H groups in total. The molecule has 1 aliphatic rings. The van der Waals surface area contributed by atoms with E-state index in [-0.39, 0.29) is 17.4 Å². The summed E-state index contributed by atoms with van der Waals surface area (Å²) in [5.41, 5.74) is 7.60. The van der Waals surface area contributed by atoms with Crippen LogP contribution in [0.4, 0.5) is 10.3 Å². The van der Waals surface area contributed by atoms with Crippen LogP contribution < -0.4 is 10.5 Å². The lowest BCUT2D eigenvalue weighted by atomic mass is 10.1. The second kappa shape index (κ2) is 7.67. The van der Waals surface area contributed by atoms with Crippen molar-refractivity contribution in [2.75, 3.05) is 25.6 Å². The molecule has 4 aromatic rings. The summed E-state index contributed by atoms with van der Waals surface area (Å²) < 4.78 is 31.0. The third kappa shape index (κ3) is 3.66. The van der Waals surface area contributed by atoms with Gasteiger partial charge in [0, 0.05) is 18.6 Å². The lowest BCUT2D eigenvalue weighted by Crippen LogP contribution is -2.12. The summed E-state index contributed by atoms with van der Waals surface area (Å²) in [5.74, 6) is 1.33. The van der Waals surface area contributed by atoms with Crippen molar-refractivity contribution in [2.24, 2.45) is 5.92 Å². The zero-order chi connectivity index (χ0) is 20.5. The molecular weight excluding hydrogens is 393 g/mol. The van der Waals surface area contributed by atoms with Crippen molar-refractivity contribution in [3.8, 4) is 17.2 Å². The third-order valence-electron chi connectivity index (χ3n) is 4.81. The molecule has 11 heteroatoms. The van der Waals surface area contributed by atoms with Gasteiger partial charge in [0.25, 0.3) is 6.01 Å². The Balaban J connectivity index is 1.36. The van der Waals surface area contributed by atoms with Gasteiger partial charge in [0.2, 0.25) is 5.95 Å². The molecule has 0 spiro atoms. The number of rotatable bonds is 6. The SMILES string of the molecule is Nc1nc(-c2ccc(F)o2)c2nnn(Cc3ccc(OCC4CCOC4)cn3)c2n1. The van der Waals surface area contributed by atoms with Gasteiger partial charge in [-0.15, -0.1) is 5.10 Å². The van der Waals surface area contributed by atoms with Gasteiger partial charge in [-0.1, -0.05) is 5.21 Å². The minimum atomic E-state index is -0.727. The van der Waals surface area contributed by atoms with Gasteiger partial charge in [-0.05, 0) is 24.6 Å². The topological polar surface area (TPSA) is 127 Å². The van der Waals surface area contributed by atoms with Crippen LogP contribution in [-0.2, 0) is 11.3 Å². The number of furan rings is 1. The number of aromatic nitrogens is 6. The molecule has 0 bridgehead atoms. The van der Waals surface area contributed by atoms with Crippen LogP contribution in [0.25, 0.3) is 22.6 Å². The van der Waals surface area contributed by atoms with Crippen molar-refractivity contribution in [2.45, 2.75) is 13.0 Å². The summed E-state index contributed by atoms with van der Waals surface area (Å²) in [5, 5.41) is 8.24. The van der Waals surface area contributed by atoms with Gasteiger partial charge in [0.1, 0.15) is 11.4 Å². The van der Waals surface area contributed by atoms with Crippen LogP contribution in [0.3, 0.4) is 0 Å². The number of nitrogen functional groups attached to an aromatic ring is 1. The summed E-state index contributed by atoms with van der Waals surface area (Å²) in [4.78, 5) is 12.8. The first-order chi connectivity index (χ1) is 14.7. The summed E-state index contributed by atoms with van der Waals surface area (Å²) >= 11 is 0. The monoisotopic (exact) mass is 411 g/mol. The molecule has 1 saturated heterocycles. The number of anilines is 1. The molecular formula is C19H18FN7O3. The van der Waals surface area contributed by atoms with Gasteiger partial charge in [-0.3, -0.25) is 4.98 Å². The van der Waals surface area contributed by atoms with Crippen molar-refractivity contribution < 1.29 is 18.3 Å². The highest BCUT2D eigenvalue weighted by Gasteiger charge is 2.19. The summed E-state index contributed by atoms with van der Waals surface area (Å²) in [6.07, 6.45) is 2.69. The molecule has 4 aromatic heterocycles. The molecule has 30 heavy (non-hydrogen) atoms. The fourth-order valence-electron chi connectivity index (χ4n) is 3.26. The molecule has 5 heterocycles. The zero-order valence-electron chi connectivity index (χ0n) is 15.9. The summed E-state index contributed by atoms with van der Waals surface area (Å²) in [6.45, 7) is 2.46. The van der Waals surface area contributed by atoms with E-state index < -0.39 is 6.01 Å². The molecule has 1 fully saturated rings. The maximum atomic E-state index is 13.3. The molecule has 0 radical (unpaired) electrons. The first-order valence-corrected chi connectivity index (χ1v) is 9.43. The Morgan fingerprint density at radius 1 is 1.23 bits per heavy atom. The second-order valence-corrected chi connectivity index (χ2v) is 6.98. The van der Waals surface area contributed by atoms with Gasteiger partial charge in [0.05, 0.1) is 31.6 Å². The van der Waals surface area contributed by atoms with Crippen molar-refractivity contribution in [3.63, 3.8) is 0 Å². The fourth-order valence-corrected chi connectivity index (χ4v) is 3.26. The van der Waals surface area contributed by atoms with Crippen molar-refractivity contribution in [3.05, 3.63) is 42.2 Å². The van der Waals surface area contributed by atoms with E-state index in [2.05, 4.69) is 25.3 Å². The quantitative estimate of drug-likeness (QED) is 0.507. The van der Waals surface area contributed by atoms with Crippen LogP contribution in [0.15, 0.2) is 34.9 Å². The second-order valence-electron chi connectivity index (χ2n) is 6.98. The molecule has 1 atom stereocenters. The number of ether oxygens (including phenoxy) is 2. The van der Waals surface area contributed by atoms with E-state index in [0.717, 1.165) is 25.3 Å². The van der Waals surface area contributed by atoms with E-state index in [9.17, 15) is 4.39 Å². The maximum Gasteiger partial charge on any atom is 0.278 e. The molecule has 0 saturated carbocycles. The molecule has 0 aliphatic carbocycles. The number of halogens is 1. The van der Waals surface area contributed by atoms with Crippen molar-refractivity contribution >= 4 is 17.1 Å². The van der Waals surface area contributed by atoms with Gasteiger partial charge in [0.15, 0.2) is 16.9 Å². The first-order valence-electron chi connectivity index (χ1n) is 9.43. The number of fused-ring (bicyclic) bond motifs is 1. The van der Waals surface area contributed by atoms with Crippen LogP contribution in [0.1, 0.15) is 12.1 Å². The summed E-state index contributed by atoms with van der Waals surface area (Å²) in [6, 6.07) is 5.62. The largest absolute Gasteiger partial charge is 0.492 e. The molecule has 0 amide bonds. The Morgan fingerprint density at radius 2 is 2.17 bits per heavy atom. The van der Waals surface area contributed by atoms with Crippen LogP contribution >= 0.6 is 0 Å². The van der Waals surface area contributed by atoms with E-state index >= 15 is 0 Å². The van der Waals surface area contributed by atoms with E-state index in [1.165, 1.54) is 12.1 Å². The Hall–Kier alpha value is -3.60. The molecule has 1 unspecified atom stereocenters. The number of pyridine rings is 1. The molecule has 5 rings (SSSR count). The first kappa shape index (κ1) is 18.4. The van der Waals surface area contributed by atoms with Crippen LogP contribution in [-0.4, -0.2) is 49.8 Å². The molecule has 10 nitrogen and oxygen atoms in total. The normalized spacial score (nSPS) is 16.4. The van der Waals surface area contributed by atoms with Gasteiger partial charge in [-0.25, -0.2) is 9.67 Å². The van der Waals surface area contributed by atoms with E-state index in [1.807, 2.05) is 12.1 Å².